The van der Waals surface area contributed by atoms with Crippen LogP contribution in [0.15, 0.2) is 16.7 Å². The number of anilines is 1. The van der Waals surface area contributed by atoms with Crippen molar-refractivity contribution in [3.05, 3.63) is 22.3 Å². The highest BCUT2D eigenvalue weighted by Crippen LogP contribution is 2.24. The number of hydrogen-bond donors (Lipinski definition) is 1. The fourth-order valence-corrected chi connectivity index (χ4v) is 2.52. The van der Waals surface area contributed by atoms with Gasteiger partial charge in [0, 0.05) is 36.3 Å². The molecule has 1 aliphatic rings. The molecule has 1 amide bonds. The van der Waals surface area contributed by atoms with Crippen molar-refractivity contribution in [3.8, 4) is 6.07 Å². The van der Waals surface area contributed by atoms with Crippen molar-refractivity contribution in [2.45, 2.75) is 13.0 Å². The first-order valence-electron chi connectivity index (χ1n) is 5.83. The van der Waals surface area contributed by atoms with Gasteiger partial charge >= 0.3 is 6.09 Å². The first kappa shape index (κ1) is 13.6. The highest BCUT2D eigenvalue weighted by molar-refractivity contribution is 9.10. The van der Waals surface area contributed by atoms with E-state index < -0.39 is 6.09 Å². The van der Waals surface area contributed by atoms with Crippen LogP contribution >= 0.6 is 15.9 Å². The Labute approximate surface area is 119 Å². The van der Waals surface area contributed by atoms with Gasteiger partial charge in [-0.25, -0.2) is 9.78 Å². The third-order valence-electron chi connectivity index (χ3n) is 3.12. The molecule has 6 nitrogen and oxygen atoms in total. The largest absolute Gasteiger partial charge is 0.465 e. The molecular weight excluding hydrogens is 312 g/mol. The number of piperazine rings is 1. The van der Waals surface area contributed by atoms with Crippen LogP contribution in [0.3, 0.4) is 0 Å². The summed E-state index contributed by atoms with van der Waals surface area (Å²) in [7, 11) is 0. The van der Waals surface area contributed by atoms with Crippen LogP contribution in [-0.4, -0.2) is 46.8 Å². The van der Waals surface area contributed by atoms with Crippen molar-refractivity contribution in [3.63, 3.8) is 0 Å². The van der Waals surface area contributed by atoms with E-state index in [1.54, 1.807) is 12.3 Å². The standard InChI is InChI=1S/C12H13BrN4O2/c1-8-7-16(12(18)19)2-3-17(8)11-9(5-14)4-10(13)6-15-11/h4,6,8H,2-3,7H2,1H3,(H,18,19). The Morgan fingerprint density at radius 2 is 2.37 bits per heavy atom. The fraction of sp³-hybridized carbons (Fsp3) is 0.417. The highest BCUT2D eigenvalue weighted by Gasteiger charge is 2.28. The Bertz CT molecular complexity index is 543. The topological polar surface area (TPSA) is 80.5 Å². The van der Waals surface area contributed by atoms with E-state index in [2.05, 4.69) is 27.0 Å². The summed E-state index contributed by atoms with van der Waals surface area (Å²) in [5.74, 6) is 0.614. The van der Waals surface area contributed by atoms with Crippen LogP contribution in [0, 0.1) is 11.3 Å². The molecular formula is C12H13BrN4O2. The number of rotatable bonds is 1. The summed E-state index contributed by atoms with van der Waals surface area (Å²) < 4.78 is 0.754. The Morgan fingerprint density at radius 3 is 2.95 bits per heavy atom. The van der Waals surface area contributed by atoms with Gasteiger partial charge in [0.25, 0.3) is 0 Å². The van der Waals surface area contributed by atoms with E-state index in [-0.39, 0.29) is 6.04 Å². The predicted molar refractivity (Wildman–Crippen MR) is 73.1 cm³/mol. The number of carbonyl (C=O) groups is 1. The average Bonchev–Trinajstić information content (AvgIpc) is 2.38. The maximum absolute atomic E-state index is 10.9. The second-order valence-electron chi connectivity index (χ2n) is 4.41. The lowest BCUT2D eigenvalue weighted by Gasteiger charge is -2.39. The lowest BCUT2D eigenvalue weighted by Crippen LogP contribution is -2.53. The first-order chi connectivity index (χ1) is 9.02. The summed E-state index contributed by atoms with van der Waals surface area (Å²) in [5.41, 5.74) is 0.491. The van der Waals surface area contributed by atoms with E-state index in [1.165, 1.54) is 4.90 Å². The van der Waals surface area contributed by atoms with Crippen molar-refractivity contribution in [1.29, 1.82) is 5.26 Å². The van der Waals surface area contributed by atoms with E-state index in [4.69, 9.17) is 10.4 Å². The molecule has 2 heterocycles. The van der Waals surface area contributed by atoms with E-state index in [1.807, 2.05) is 11.8 Å². The number of nitrogens with zero attached hydrogens (tertiary/aromatic N) is 4. The molecule has 1 N–H and O–H groups in total. The summed E-state index contributed by atoms with van der Waals surface area (Å²) in [5, 5.41) is 18.1. The minimum Gasteiger partial charge on any atom is -0.465 e. The maximum Gasteiger partial charge on any atom is 0.407 e. The predicted octanol–water partition coefficient (Wildman–Crippen LogP) is 1.90. The SMILES string of the molecule is CC1CN(C(=O)O)CCN1c1ncc(Br)cc1C#N. The molecule has 1 aliphatic heterocycles. The Morgan fingerprint density at radius 1 is 1.63 bits per heavy atom. The van der Waals surface area contributed by atoms with Crippen LogP contribution < -0.4 is 4.90 Å². The molecule has 1 fully saturated rings. The fourth-order valence-electron chi connectivity index (χ4n) is 2.19. The minimum atomic E-state index is -0.907. The Balaban J connectivity index is 2.24. The summed E-state index contributed by atoms with van der Waals surface area (Å²) in [6.45, 7) is 3.30. The van der Waals surface area contributed by atoms with Gasteiger partial charge in [-0.3, -0.25) is 0 Å². The second kappa shape index (κ2) is 5.45. The first-order valence-corrected chi connectivity index (χ1v) is 6.62. The smallest absolute Gasteiger partial charge is 0.407 e. The zero-order valence-corrected chi connectivity index (χ0v) is 12.0. The molecule has 1 atom stereocenters. The molecule has 1 saturated heterocycles. The van der Waals surface area contributed by atoms with Gasteiger partial charge in [0.2, 0.25) is 0 Å². The van der Waals surface area contributed by atoms with Gasteiger partial charge in [-0.05, 0) is 28.9 Å². The van der Waals surface area contributed by atoms with Crippen LogP contribution in [-0.2, 0) is 0 Å². The van der Waals surface area contributed by atoms with Crippen molar-refractivity contribution in [2.75, 3.05) is 24.5 Å². The van der Waals surface area contributed by atoms with E-state index >= 15 is 0 Å². The van der Waals surface area contributed by atoms with Crippen molar-refractivity contribution in [1.82, 2.24) is 9.88 Å². The van der Waals surface area contributed by atoms with Crippen molar-refractivity contribution >= 4 is 27.8 Å². The van der Waals surface area contributed by atoms with E-state index in [0.717, 1.165) is 4.47 Å². The number of nitriles is 1. The molecule has 0 radical (unpaired) electrons. The second-order valence-corrected chi connectivity index (χ2v) is 5.32. The van der Waals surface area contributed by atoms with Gasteiger partial charge in [0.15, 0.2) is 0 Å². The molecule has 2 rings (SSSR count). The molecule has 1 aromatic rings. The Hall–Kier alpha value is -1.81. The van der Waals surface area contributed by atoms with Crippen LogP contribution in [0.5, 0.6) is 0 Å². The normalized spacial score (nSPS) is 19.1. The number of pyridine rings is 1. The summed E-state index contributed by atoms with van der Waals surface area (Å²) in [6, 6.07) is 3.84. The summed E-state index contributed by atoms with van der Waals surface area (Å²) in [6.07, 6.45) is 0.739. The lowest BCUT2D eigenvalue weighted by molar-refractivity contribution is 0.136. The maximum atomic E-state index is 10.9. The van der Waals surface area contributed by atoms with Crippen molar-refractivity contribution in [2.24, 2.45) is 0 Å². The molecule has 100 valence electrons. The van der Waals surface area contributed by atoms with Gasteiger partial charge in [-0.2, -0.15) is 5.26 Å². The monoisotopic (exact) mass is 324 g/mol. The highest BCUT2D eigenvalue weighted by atomic mass is 79.9. The molecule has 0 aromatic carbocycles. The van der Waals surface area contributed by atoms with Crippen LogP contribution in [0.25, 0.3) is 0 Å². The molecule has 7 heteroatoms. The number of hydrogen-bond acceptors (Lipinski definition) is 4. The molecule has 0 spiro atoms. The van der Waals surface area contributed by atoms with Crippen LogP contribution in [0.4, 0.5) is 10.6 Å². The molecule has 0 saturated carbocycles. The van der Waals surface area contributed by atoms with E-state index in [0.29, 0.717) is 31.0 Å². The van der Waals surface area contributed by atoms with Crippen molar-refractivity contribution < 1.29 is 9.90 Å². The zero-order chi connectivity index (χ0) is 14.0. The average molecular weight is 325 g/mol. The van der Waals surface area contributed by atoms with Gasteiger partial charge in [-0.15, -0.1) is 0 Å². The van der Waals surface area contributed by atoms with Crippen LogP contribution in [0.2, 0.25) is 0 Å². The van der Waals surface area contributed by atoms with Gasteiger partial charge < -0.3 is 14.9 Å². The quantitative estimate of drug-likeness (QED) is 0.853. The van der Waals surface area contributed by atoms with Gasteiger partial charge in [-0.1, -0.05) is 0 Å². The summed E-state index contributed by atoms with van der Waals surface area (Å²) in [4.78, 5) is 18.6. The molecule has 1 unspecified atom stereocenters. The third kappa shape index (κ3) is 2.79. The van der Waals surface area contributed by atoms with Gasteiger partial charge in [0.1, 0.15) is 11.9 Å². The number of halogens is 1. The number of carboxylic acid groups (broad SMARTS) is 1. The molecule has 0 aliphatic carbocycles. The third-order valence-corrected chi connectivity index (χ3v) is 3.56. The summed E-state index contributed by atoms with van der Waals surface area (Å²) >= 11 is 3.29. The van der Waals surface area contributed by atoms with E-state index in [9.17, 15) is 4.79 Å². The zero-order valence-electron chi connectivity index (χ0n) is 10.4. The molecule has 0 bridgehead atoms. The number of aromatic nitrogens is 1. The lowest BCUT2D eigenvalue weighted by atomic mass is 10.1. The van der Waals surface area contributed by atoms with Crippen LogP contribution in [0.1, 0.15) is 12.5 Å². The van der Waals surface area contributed by atoms with Gasteiger partial charge in [0.05, 0.1) is 5.56 Å². The minimum absolute atomic E-state index is 0.00868. The Kier molecular flexibility index (Phi) is 3.90. The molecule has 1 aromatic heterocycles. The molecule has 19 heavy (non-hydrogen) atoms. The number of amides is 1.